The van der Waals surface area contributed by atoms with Crippen LogP contribution in [0, 0.1) is 0 Å². The lowest BCUT2D eigenvalue weighted by Gasteiger charge is -2.20. The number of nitrogens with zero attached hydrogens (tertiary/aromatic N) is 1. The molecule has 1 unspecified atom stereocenters. The number of phenolic OH excluding ortho intramolecular Hbond substituents is 1. The summed E-state index contributed by atoms with van der Waals surface area (Å²) in [7, 11) is 0. The first-order valence-electron chi connectivity index (χ1n) is 10.2. The molecule has 30 heavy (non-hydrogen) atoms. The maximum Gasteiger partial charge on any atom is 0.245 e. The third-order valence-corrected chi connectivity index (χ3v) is 5.54. The van der Waals surface area contributed by atoms with Crippen molar-refractivity contribution in [2.24, 2.45) is 5.73 Å². The Labute approximate surface area is 177 Å². The molecule has 7 heteroatoms. The fourth-order valence-electron chi connectivity index (χ4n) is 3.79. The standard InChI is InChI=1S/C23H30N4O3/c1-3-22(29)27(4-2)10-9-17-11-16(14-30-17)20-13-15(23(25)26-20)12-19(24)18-7-5-6-8-21(18)28/h3,5-8,12-13,16-17,26,28H,1,4,9-11,14,24-25H2,2H3/b19-12-/t16?,17-/m0/s1. The van der Waals surface area contributed by atoms with E-state index in [-0.39, 0.29) is 23.7 Å². The lowest BCUT2D eigenvalue weighted by atomic mass is 10.00. The maximum absolute atomic E-state index is 11.8. The number of nitrogens with one attached hydrogen (secondary N) is 1. The highest BCUT2D eigenvalue weighted by Crippen LogP contribution is 2.33. The summed E-state index contributed by atoms with van der Waals surface area (Å²) in [4.78, 5) is 16.8. The van der Waals surface area contributed by atoms with Gasteiger partial charge in [-0.3, -0.25) is 4.79 Å². The first-order valence-corrected chi connectivity index (χ1v) is 10.2. The van der Waals surface area contributed by atoms with Gasteiger partial charge in [-0.25, -0.2) is 0 Å². The molecule has 1 aliphatic rings. The van der Waals surface area contributed by atoms with Gasteiger partial charge in [0.05, 0.1) is 12.7 Å². The fourth-order valence-corrected chi connectivity index (χ4v) is 3.79. The number of nitrogen functional groups attached to an aromatic ring is 1. The number of carbonyl (C=O) groups excluding carboxylic acids is 1. The van der Waals surface area contributed by atoms with Crippen molar-refractivity contribution in [3.63, 3.8) is 0 Å². The Morgan fingerprint density at radius 1 is 1.43 bits per heavy atom. The van der Waals surface area contributed by atoms with Gasteiger partial charge in [0, 0.05) is 41.5 Å². The van der Waals surface area contributed by atoms with Gasteiger partial charge in [0.2, 0.25) is 5.91 Å². The number of hydrogen-bond donors (Lipinski definition) is 4. The normalized spacial score (nSPS) is 19.0. The summed E-state index contributed by atoms with van der Waals surface area (Å²) < 4.78 is 5.95. The average Bonchev–Trinajstić information content (AvgIpc) is 3.35. The van der Waals surface area contributed by atoms with E-state index in [1.54, 1.807) is 29.2 Å². The smallest absolute Gasteiger partial charge is 0.245 e. The molecule has 1 saturated heterocycles. The Morgan fingerprint density at radius 3 is 2.90 bits per heavy atom. The van der Waals surface area contributed by atoms with E-state index in [0.717, 1.165) is 24.1 Å². The van der Waals surface area contributed by atoms with Crippen LogP contribution in [0.4, 0.5) is 5.82 Å². The highest BCUT2D eigenvalue weighted by molar-refractivity contribution is 5.87. The molecule has 0 saturated carbocycles. The number of aromatic nitrogens is 1. The molecule has 1 aliphatic heterocycles. The number of phenols is 1. The Morgan fingerprint density at radius 2 is 2.20 bits per heavy atom. The zero-order valence-corrected chi connectivity index (χ0v) is 17.3. The van der Waals surface area contributed by atoms with E-state index >= 15 is 0 Å². The molecule has 0 spiro atoms. The first kappa shape index (κ1) is 21.5. The van der Waals surface area contributed by atoms with Gasteiger partial charge in [-0.1, -0.05) is 18.7 Å². The van der Waals surface area contributed by atoms with E-state index < -0.39 is 0 Å². The Kier molecular flexibility index (Phi) is 6.84. The number of para-hydroxylation sites is 1. The number of nitrogens with two attached hydrogens (primary N) is 2. The SMILES string of the molecule is C=CC(=O)N(CC)CC[C@H]1CC(c2cc(/C=C(\N)c3ccccc3O)c(N)[nH]2)CO1. The second-order valence-corrected chi connectivity index (χ2v) is 7.51. The predicted octanol–water partition coefficient (Wildman–Crippen LogP) is 3.06. The van der Waals surface area contributed by atoms with E-state index in [1.165, 1.54) is 6.08 Å². The molecule has 2 aromatic rings. The number of ether oxygens (including phenoxy) is 1. The number of rotatable bonds is 8. The fraction of sp³-hybridized carbons (Fsp3) is 0.348. The van der Waals surface area contributed by atoms with Gasteiger partial charge in [-0.2, -0.15) is 0 Å². The molecule has 7 nitrogen and oxygen atoms in total. The van der Waals surface area contributed by atoms with Gasteiger partial charge in [0.25, 0.3) is 0 Å². The summed E-state index contributed by atoms with van der Waals surface area (Å²) in [6.07, 6.45) is 4.85. The van der Waals surface area contributed by atoms with Gasteiger partial charge >= 0.3 is 0 Å². The summed E-state index contributed by atoms with van der Waals surface area (Å²) in [5.41, 5.74) is 15.1. The van der Waals surface area contributed by atoms with Crippen LogP contribution in [-0.4, -0.2) is 46.7 Å². The third kappa shape index (κ3) is 4.86. The van der Waals surface area contributed by atoms with Gasteiger partial charge in [0.15, 0.2) is 0 Å². The molecule has 1 aromatic carbocycles. The minimum atomic E-state index is -0.0531. The molecule has 160 valence electrons. The van der Waals surface area contributed by atoms with E-state index in [2.05, 4.69) is 11.6 Å². The number of amides is 1. The zero-order chi connectivity index (χ0) is 21.7. The minimum Gasteiger partial charge on any atom is -0.507 e. The number of anilines is 1. The van der Waals surface area contributed by atoms with Crippen LogP contribution in [0.1, 0.15) is 42.5 Å². The summed E-state index contributed by atoms with van der Waals surface area (Å²) in [5, 5.41) is 9.99. The second-order valence-electron chi connectivity index (χ2n) is 7.51. The second kappa shape index (κ2) is 9.54. The number of aromatic amines is 1. The van der Waals surface area contributed by atoms with Gasteiger partial charge < -0.3 is 31.2 Å². The predicted molar refractivity (Wildman–Crippen MR) is 120 cm³/mol. The molecular weight excluding hydrogens is 380 g/mol. The molecule has 0 aliphatic carbocycles. The highest BCUT2D eigenvalue weighted by atomic mass is 16.5. The third-order valence-electron chi connectivity index (χ3n) is 5.54. The number of benzene rings is 1. The summed E-state index contributed by atoms with van der Waals surface area (Å²) in [6, 6.07) is 8.91. The molecule has 2 heterocycles. The summed E-state index contributed by atoms with van der Waals surface area (Å²) >= 11 is 0. The zero-order valence-electron chi connectivity index (χ0n) is 17.3. The monoisotopic (exact) mass is 410 g/mol. The van der Waals surface area contributed by atoms with Crippen LogP contribution in [0.2, 0.25) is 0 Å². The highest BCUT2D eigenvalue weighted by Gasteiger charge is 2.28. The quantitative estimate of drug-likeness (QED) is 0.499. The number of aromatic hydroxyl groups is 1. The molecule has 2 atom stereocenters. The summed E-state index contributed by atoms with van der Waals surface area (Å²) in [6.45, 7) is 7.41. The molecule has 1 aromatic heterocycles. The van der Waals surface area contributed by atoms with E-state index in [4.69, 9.17) is 16.2 Å². The molecular formula is C23H30N4O3. The van der Waals surface area contributed by atoms with Crippen molar-refractivity contribution in [2.75, 3.05) is 25.4 Å². The molecule has 3 rings (SSSR count). The minimum absolute atomic E-state index is 0.0531. The van der Waals surface area contributed by atoms with Crippen molar-refractivity contribution >= 4 is 23.5 Å². The largest absolute Gasteiger partial charge is 0.507 e. The van der Waals surface area contributed by atoms with Crippen LogP contribution in [0.5, 0.6) is 5.75 Å². The number of H-pyrrole nitrogens is 1. The Bertz CT molecular complexity index is 934. The van der Waals surface area contributed by atoms with Gasteiger partial charge in [-0.05, 0) is 50.1 Å². The molecule has 6 N–H and O–H groups in total. The maximum atomic E-state index is 11.8. The van der Waals surface area contributed by atoms with Crippen LogP contribution >= 0.6 is 0 Å². The average molecular weight is 411 g/mol. The van der Waals surface area contributed by atoms with Crippen LogP contribution < -0.4 is 11.5 Å². The van der Waals surface area contributed by atoms with Crippen LogP contribution in [0.15, 0.2) is 43.0 Å². The molecule has 1 amide bonds. The number of hydrogen-bond acceptors (Lipinski definition) is 5. The topological polar surface area (TPSA) is 118 Å². The molecule has 0 bridgehead atoms. The van der Waals surface area contributed by atoms with E-state index in [0.29, 0.717) is 36.8 Å². The van der Waals surface area contributed by atoms with Crippen LogP contribution in [0.3, 0.4) is 0 Å². The molecule has 0 radical (unpaired) electrons. The van der Waals surface area contributed by atoms with Crippen molar-refractivity contribution in [2.45, 2.75) is 31.8 Å². The number of likely N-dealkylation sites (N-methyl/N-ethyl adjacent to an activating group) is 1. The van der Waals surface area contributed by atoms with E-state index in [1.807, 2.05) is 19.1 Å². The van der Waals surface area contributed by atoms with Crippen molar-refractivity contribution in [3.05, 3.63) is 59.8 Å². The van der Waals surface area contributed by atoms with Crippen molar-refractivity contribution in [1.82, 2.24) is 9.88 Å². The first-order chi connectivity index (χ1) is 14.4. The lowest BCUT2D eigenvalue weighted by molar-refractivity contribution is -0.126. The van der Waals surface area contributed by atoms with Crippen LogP contribution in [-0.2, 0) is 9.53 Å². The summed E-state index contributed by atoms with van der Waals surface area (Å²) in [5.74, 6) is 0.808. The van der Waals surface area contributed by atoms with Gasteiger partial charge in [0.1, 0.15) is 11.6 Å². The Hall–Kier alpha value is -3.19. The van der Waals surface area contributed by atoms with Crippen molar-refractivity contribution in [3.8, 4) is 5.75 Å². The van der Waals surface area contributed by atoms with Gasteiger partial charge in [-0.15, -0.1) is 0 Å². The van der Waals surface area contributed by atoms with Crippen LogP contribution in [0.25, 0.3) is 11.8 Å². The van der Waals surface area contributed by atoms with Crippen molar-refractivity contribution < 1.29 is 14.6 Å². The lowest BCUT2D eigenvalue weighted by Crippen LogP contribution is -2.31. The van der Waals surface area contributed by atoms with E-state index in [9.17, 15) is 9.90 Å². The van der Waals surface area contributed by atoms with Crippen molar-refractivity contribution in [1.29, 1.82) is 0 Å². The molecule has 1 fully saturated rings. The Balaban J connectivity index is 1.64. The number of carbonyl (C=O) groups is 1.